The molecule has 0 bridgehead atoms. The molecule has 0 spiro atoms. The molecule has 0 radical (unpaired) electrons. The first-order valence-corrected chi connectivity index (χ1v) is 11.1. The van der Waals surface area contributed by atoms with Crippen molar-refractivity contribution >= 4 is 0 Å². The van der Waals surface area contributed by atoms with Crippen LogP contribution >= 0.6 is 0 Å². The molecule has 19 heavy (non-hydrogen) atoms. The first kappa shape index (κ1) is 15.0. The van der Waals surface area contributed by atoms with Gasteiger partial charge in [0.25, 0.3) is 0 Å². The van der Waals surface area contributed by atoms with Crippen molar-refractivity contribution in [1.82, 2.24) is 0 Å². The first-order valence-electron chi connectivity index (χ1n) is 8.10. The van der Waals surface area contributed by atoms with Crippen LogP contribution in [0.3, 0.4) is 0 Å². The van der Waals surface area contributed by atoms with Crippen LogP contribution in [0.5, 0.6) is 0 Å². The Morgan fingerprint density at radius 3 is 1.74 bits per heavy atom. The SMILES string of the molecule is CCCCC1=[C]([Zn][C]2=C(CCCC)C=CC2)CC=C1. The number of allylic oxidation sites excluding steroid dienone is 8. The van der Waals surface area contributed by atoms with Crippen LogP contribution in [0, 0.1) is 0 Å². The van der Waals surface area contributed by atoms with Crippen molar-refractivity contribution in [2.75, 3.05) is 0 Å². The second-order valence-electron chi connectivity index (χ2n) is 5.85. The van der Waals surface area contributed by atoms with E-state index in [1.807, 2.05) is 8.33 Å². The summed E-state index contributed by atoms with van der Waals surface area (Å²) < 4.78 is 3.77. The molecule has 0 heterocycles. The van der Waals surface area contributed by atoms with Crippen LogP contribution in [0.15, 0.2) is 43.8 Å². The summed E-state index contributed by atoms with van der Waals surface area (Å²) in [6.45, 7) is 4.60. The van der Waals surface area contributed by atoms with E-state index in [0.29, 0.717) is 0 Å². The molecule has 0 unspecified atom stereocenters. The van der Waals surface area contributed by atoms with Gasteiger partial charge < -0.3 is 0 Å². The van der Waals surface area contributed by atoms with Crippen molar-refractivity contribution in [3.05, 3.63) is 43.8 Å². The normalized spacial score (nSPS) is 17.8. The van der Waals surface area contributed by atoms with E-state index in [-0.39, 0.29) is 0 Å². The number of rotatable bonds is 8. The Bertz CT molecular complexity index is 381. The number of hydrogen-bond donors (Lipinski definition) is 0. The Kier molecular flexibility index (Phi) is 6.31. The summed E-state index contributed by atoms with van der Waals surface area (Å²) in [7, 11) is 0. The van der Waals surface area contributed by atoms with Gasteiger partial charge in [-0.1, -0.05) is 0 Å². The molecule has 1 heteroatoms. The van der Waals surface area contributed by atoms with Crippen LogP contribution < -0.4 is 0 Å². The molecule has 0 saturated heterocycles. The van der Waals surface area contributed by atoms with Crippen LogP contribution in [0.4, 0.5) is 0 Å². The Labute approximate surface area is 126 Å². The molecule has 0 aromatic carbocycles. The van der Waals surface area contributed by atoms with Gasteiger partial charge in [-0.25, -0.2) is 0 Å². The van der Waals surface area contributed by atoms with E-state index in [4.69, 9.17) is 0 Å². The first-order chi connectivity index (χ1) is 9.35. The maximum atomic E-state index is 2.42. The summed E-state index contributed by atoms with van der Waals surface area (Å²) in [6, 6.07) is 0. The molecule has 0 aliphatic heterocycles. The molecule has 0 saturated carbocycles. The van der Waals surface area contributed by atoms with Gasteiger partial charge in [-0.05, 0) is 0 Å². The number of unbranched alkanes of at least 4 members (excludes halogenated alkanes) is 2. The molecule has 2 rings (SSSR count). The third kappa shape index (κ3) is 4.28. The van der Waals surface area contributed by atoms with E-state index in [1.165, 1.54) is 51.4 Å². The molecule has 0 aromatic heterocycles. The molecule has 0 atom stereocenters. The van der Waals surface area contributed by atoms with Crippen molar-refractivity contribution in [3.63, 3.8) is 0 Å². The third-order valence-corrected chi connectivity index (χ3v) is 9.21. The molecule has 0 amide bonds. The topological polar surface area (TPSA) is 0 Å². The van der Waals surface area contributed by atoms with E-state index >= 15 is 0 Å². The maximum absolute atomic E-state index is 2.42. The minimum atomic E-state index is -0.638. The molecule has 2 aliphatic carbocycles. The fourth-order valence-corrected chi connectivity index (χ4v) is 7.64. The molecule has 0 aromatic rings. The third-order valence-electron chi connectivity index (χ3n) is 4.30. The van der Waals surface area contributed by atoms with Gasteiger partial charge in [0.1, 0.15) is 0 Å². The molecule has 0 fully saturated rings. The van der Waals surface area contributed by atoms with E-state index in [2.05, 4.69) is 38.2 Å². The second kappa shape index (κ2) is 8.00. The van der Waals surface area contributed by atoms with Crippen LogP contribution in [0.25, 0.3) is 0 Å². The molecule has 2 aliphatic rings. The van der Waals surface area contributed by atoms with Crippen LogP contribution in [0.1, 0.15) is 65.2 Å². The fourth-order valence-electron chi connectivity index (χ4n) is 3.07. The van der Waals surface area contributed by atoms with Crippen molar-refractivity contribution in [2.24, 2.45) is 0 Å². The van der Waals surface area contributed by atoms with Gasteiger partial charge in [0.05, 0.1) is 0 Å². The van der Waals surface area contributed by atoms with Crippen LogP contribution in [0.2, 0.25) is 0 Å². The van der Waals surface area contributed by atoms with Crippen molar-refractivity contribution in [3.8, 4) is 0 Å². The summed E-state index contributed by atoms with van der Waals surface area (Å²) in [5.74, 6) is 0. The zero-order valence-corrected chi connectivity index (χ0v) is 15.6. The van der Waals surface area contributed by atoms with Crippen molar-refractivity contribution in [2.45, 2.75) is 65.2 Å². The van der Waals surface area contributed by atoms with E-state index in [9.17, 15) is 0 Å². The predicted octanol–water partition coefficient (Wildman–Crippen LogP) is 5.88. The van der Waals surface area contributed by atoms with Gasteiger partial charge in [0.2, 0.25) is 0 Å². The van der Waals surface area contributed by atoms with E-state index < -0.39 is 17.1 Å². The van der Waals surface area contributed by atoms with E-state index in [1.54, 1.807) is 11.1 Å². The Morgan fingerprint density at radius 1 is 0.842 bits per heavy atom. The van der Waals surface area contributed by atoms with E-state index in [0.717, 1.165) is 0 Å². The zero-order valence-electron chi connectivity index (χ0n) is 12.7. The summed E-state index contributed by atoms with van der Waals surface area (Å²) in [5, 5.41) is 0. The van der Waals surface area contributed by atoms with Crippen LogP contribution in [-0.4, -0.2) is 0 Å². The van der Waals surface area contributed by atoms with Gasteiger partial charge in [-0.2, -0.15) is 0 Å². The van der Waals surface area contributed by atoms with Gasteiger partial charge in [-0.3, -0.25) is 0 Å². The summed E-state index contributed by atoms with van der Waals surface area (Å²) in [5.41, 5.74) is 3.44. The predicted molar refractivity (Wildman–Crippen MR) is 80.6 cm³/mol. The quantitative estimate of drug-likeness (QED) is 0.491. The van der Waals surface area contributed by atoms with Crippen molar-refractivity contribution in [1.29, 1.82) is 0 Å². The Hall–Kier alpha value is -0.417. The minimum absolute atomic E-state index is 0.638. The Morgan fingerprint density at radius 2 is 1.32 bits per heavy atom. The average Bonchev–Trinajstić information content (AvgIpc) is 3.04. The van der Waals surface area contributed by atoms with Crippen LogP contribution in [-0.2, 0) is 17.1 Å². The average molecular weight is 308 g/mol. The monoisotopic (exact) mass is 306 g/mol. The second-order valence-corrected chi connectivity index (χ2v) is 10.2. The standard InChI is InChI=1S/2C9H13.Zn/c2*1-2-3-6-9-7-4-5-8-9;/h2*4,7H,2-3,5-6H2,1H3;. The zero-order chi connectivity index (χ0) is 13.5. The van der Waals surface area contributed by atoms with Gasteiger partial charge in [0, 0.05) is 0 Å². The molecule has 0 nitrogen and oxygen atoms in total. The molecule has 0 N–H and O–H groups in total. The summed E-state index contributed by atoms with van der Waals surface area (Å²) in [6.07, 6.45) is 20.3. The van der Waals surface area contributed by atoms with Gasteiger partial charge >= 0.3 is 126 Å². The molecular formula is C18H26Zn. The van der Waals surface area contributed by atoms with Gasteiger partial charge in [-0.15, -0.1) is 0 Å². The molecule has 100 valence electrons. The Balaban J connectivity index is 1.99. The van der Waals surface area contributed by atoms with Gasteiger partial charge in [0.15, 0.2) is 0 Å². The summed E-state index contributed by atoms with van der Waals surface area (Å²) in [4.78, 5) is 0. The molecular weight excluding hydrogens is 282 g/mol. The number of hydrogen-bond acceptors (Lipinski definition) is 0. The van der Waals surface area contributed by atoms with Crippen molar-refractivity contribution < 1.29 is 17.1 Å². The fraction of sp³-hybridized carbons (Fsp3) is 0.556. The summed E-state index contributed by atoms with van der Waals surface area (Å²) >= 11 is -0.638.